The first kappa shape index (κ1) is 23.0. The van der Waals surface area contributed by atoms with E-state index < -0.39 is 0 Å². The van der Waals surface area contributed by atoms with Crippen molar-refractivity contribution >= 4 is 44.9 Å². The van der Waals surface area contributed by atoms with Crippen LogP contribution in [-0.4, -0.2) is 24.7 Å². The van der Waals surface area contributed by atoms with E-state index in [1.54, 1.807) is 23.1 Å². The Labute approximate surface area is 200 Å². The summed E-state index contributed by atoms with van der Waals surface area (Å²) in [6, 6.07) is 7.68. The van der Waals surface area contributed by atoms with Crippen LogP contribution in [0.25, 0.3) is 21.6 Å². The van der Waals surface area contributed by atoms with Crippen molar-refractivity contribution in [1.29, 1.82) is 0 Å². The van der Waals surface area contributed by atoms with Gasteiger partial charge in [0.05, 0.1) is 11.1 Å². The number of hydrogen-bond acceptors (Lipinski definition) is 6. The molecule has 0 amide bonds. The first-order valence-corrected chi connectivity index (χ1v) is 13.0. The summed E-state index contributed by atoms with van der Waals surface area (Å²) in [6.07, 6.45) is 4.64. The van der Waals surface area contributed by atoms with Gasteiger partial charge >= 0.3 is 0 Å². The van der Waals surface area contributed by atoms with Gasteiger partial charge in [0.15, 0.2) is 11.0 Å². The zero-order valence-corrected chi connectivity index (χ0v) is 20.8. The number of thioether (sulfide) groups is 1. The third kappa shape index (κ3) is 4.92. The van der Waals surface area contributed by atoms with E-state index in [1.807, 2.05) is 38.1 Å². The van der Waals surface area contributed by atoms with Gasteiger partial charge in [0.25, 0.3) is 5.56 Å². The molecule has 1 N–H and O–H groups in total. The van der Waals surface area contributed by atoms with Crippen molar-refractivity contribution in [3.63, 3.8) is 0 Å². The number of rotatable bonds is 9. The molecule has 0 aliphatic heterocycles. The number of halogens is 1. The molecule has 32 heavy (non-hydrogen) atoms. The number of aromatic amines is 1. The SMILES string of the molecule is CCCCCCn1c(SCc2nc3sc(C)c(C)c3c(=O)[nH]2)nnc1-c1ccc(Cl)cc1. The molecule has 4 aromatic rings. The molecule has 0 atom stereocenters. The number of nitrogens with zero attached hydrogens (tertiary/aromatic N) is 4. The van der Waals surface area contributed by atoms with Gasteiger partial charge in [0.2, 0.25) is 0 Å². The molecule has 0 spiro atoms. The molecule has 0 unspecified atom stereocenters. The second-order valence-electron chi connectivity index (χ2n) is 7.79. The number of aryl methyl sites for hydroxylation is 2. The lowest BCUT2D eigenvalue weighted by Crippen LogP contribution is -2.11. The molecular formula is C23H26ClN5OS2. The van der Waals surface area contributed by atoms with E-state index in [9.17, 15) is 4.79 Å². The second-order valence-corrected chi connectivity index (χ2v) is 10.4. The van der Waals surface area contributed by atoms with E-state index in [4.69, 9.17) is 16.6 Å². The number of benzene rings is 1. The highest BCUT2D eigenvalue weighted by Gasteiger charge is 2.16. The predicted octanol–water partition coefficient (Wildman–Crippen LogP) is 6.39. The highest BCUT2D eigenvalue weighted by Crippen LogP contribution is 2.29. The number of nitrogens with one attached hydrogen (secondary N) is 1. The summed E-state index contributed by atoms with van der Waals surface area (Å²) in [6.45, 7) is 7.05. The lowest BCUT2D eigenvalue weighted by atomic mass is 10.2. The minimum absolute atomic E-state index is 0.0738. The Morgan fingerprint density at radius 2 is 1.91 bits per heavy atom. The first-order valence-electron chi connectivity index (χ1n) is 10.8. The van der Waals surface area contributed by atoms with E-state index in [-0.39, 0.29) is 5.56 Å². The van der Waals surface area contributed by atoms with Crippen molar-refractivity contribution in [2.45, 2.75) is 63.9 Å². The lowest BCUT2D eigenvalue weighted by molar-refractivity contribution is 0.556. The molecule has 0 aliphatic rings. The number of thiophene rings is 1. The minimum atomic E-state index is -0.0738. The van der Waals surface area contributed by atoms with Crippen molar-refractivity contribution in [3.8, 4) is 11.4 Å². The van der Waals surface area contributed by atoms with Crippen molar-refractivity contribution in [1.82, 2.24) is 24.7 Å². The molecule has 0 aliphatic carbocycles. The van der Waals surface area contributed by atoms with Crippen LogP contribution in [0.15, 0.2) is 34.2 Å². The zero-order chi connectivity index (χ0) is 22.7. The fraction of sp³-hybridized carbons (Fsp3) is 0.391. The molecule has 168 valence electrons. The van der Waals surface area contributed by atoms with Gasteiger partial charge < -0.3 is 9.55 Å². The van der Waals surface area contributed by atoms with Gasteiger partial charge in [-0.25, -0.2) is 4.98 Å². The standard InChI is InChI=1S/C23H26ClN5OS2/c1-4-5-6-7-12-29-20(16-8-10-17(24)11-9-16)27-28-23(29)31-13-18-25-21(30)19-14(2)15(3)32-22(19)26-18/h8-11H,4-7,12-13H2,1-3H3,(H,25,26,30). The minimum Gasteiger partial charge on any atom is -0.309 e. The number of H-pyrrole nitrogens is 1. The van der Waals surface area contributed by atoms with Crippen molar-refractivity contribution in [3.05, 3.63) is 55.9 Å². The summed E-state index contributed by atoms with van der Waals surface area (Å²) in [7, 11) is 0. The molecular weight excluding hydrogens is 462 g/mol. The Bertz CT molecular complexity index is 1280. The van der Waals surface area contributed by atoms with Gasteiger partial charge in [-0.05, 0) is 50.1 Å². The molecule has 0 saturated heterocycles. The van der Waals surface area contributed by atoms with Crippen molar-refractivity contribution < 1.29 is 0 Å². The molecule has 0 saturated carbocycles. The van der Waals surface area contributed by atoms with Crippen LogP contribution in [0.1, 0.15) is 48.9 Å². The van der Waals surface area contributed by atoms with Gasteiger partial charge in [0.1, 0.15) is 10.7 Å². The molecule has 1 aromatic carbocycles. The summed E-state index contributed by atoms with van der Waals surface area (Å²) in [5, 5.41) is 11.1. The molecule has 0 radical (unpaired) electrons. The number of aromatic nitrogens is 5. The van der Waals surface area contributed by atoms with Crippen LogP contribution in [0, 0.1) is 13.8 Å². The summed E-state index contributed by atoms with van der Waals surface area (Å²) in [5.74, 6) is 2.01. The van der Waals surface area contributed by atoms with Crippen LogP contribution in [0.5, 0.6) is 0 Å². The van der Waals surface area contributed by atoms with Crippen LogP contribution in [-0.2, 0) is 12.3 Å². The largest absolute Gasteiger partial charge is 0.309 e. The highest BCUT2D eigenvalue weighted by atomic mass is 35.5. The predicted molar refractivity (Wildman–Crippen MR) is 134 cm³/mol. The monoisotopic (exact) mass is 487 g/mol. The maximum absolute atomic E-state index is 12.6. The molecule has 6 nitrogen and oxygen atoms in total. The van der Waals surface area contributed by atoms with E-state index in [0.29, 0.717) is 22.0 Å². The Hall–Kier alpha value is -2.16. The third-order valence-electron chi connectivity index (χ3n) is 5.48. The summed E-state index contributed by atoms with van der Waals surface area (Å²) >= 11 is 9.18. The van der Waals surface area contributed by atoms with Crippen LogP contribution in [0.2, 0.25) is 5.02 Å². The fourth-order valence-electron chi connectivity index (χ4n) is 3.61. The molecule has 3 heterocycles. The summed E-state index contributed by atoms with van der Waals surface area (Å²) in [4.78, 5) is 22.1. The van der Waals surface area contributed by atoms with E-state index in [0.717, 1.165) is 44.8 Å². The van der Waals surface area contributed by atoms with Crippen molar-refractivity contribution in [2.24, 2.45) is 0 Å². The van der Waals surface area contributed by atoms with Gasteiger partial charge in [-0.15, -0.1) is 21.5 Å². The third-order valence-corrected chi connectivity index (χ3v) is 7.81. The Morgan fingerprint density at radius 3 is 2.66 bits per heavy atom. The van der Waals surface area contributed by atoms with Gasteiger partial charge in [-0.2, -0.15) is 0 Å². The van der Waals surface area contributed by atoms with E-state index >= 15 is 0 Å². The maximum Gasteiger partial charge on any atom is 0.259 e. The highest BCUT2D eigenvalue weighted by molar-refractivity contribution is 7.98. The zero-order valence-electron chi connectivity index (χ0n) is 18.4. The Balaban J connectivity index is 1.59. The molecule has 9 heteroatoms. The van der Waals surface area contributed by atoms with Gasteiger partial charge in [-0.1, -0.05) is 49.5 Å². The van der Waals surface area contributed by atoms with Gasteiger partial charge in [-0.3, -0.25) is 4.79 Å². The molecule has 4 rings (SSSR count). The summed E-state index contributed by atoms with van der Waals surface area (Å²) < 4.78 is 2.17. The smallest absolute Gasteiger partial charge is 0.259 e. The van der Waals surface area contributed by atoms with Crippen LogP contribution < -0.4 is 5.56 Å². The number of hydrogen-bond donors (Lipinski definition) is 1. The average Bonchev–Trinajstić information content (AvgIpc) is 3.30. The Morgan fingerprint density at radius 1 is 1.12 bits per heavy atom. The quantitative estimate of drug-likeness (QED) is 0.219. The second kappa shape index (κ2) is 10.2. The molecule has 3 aromatic heterocycles. The van der Waals surface area contributed by atoms with Gasteiger partial charge in [0, 0.05) is 22.0 Å². The van der Waals surface area contributed by atoms with Crippen molar-refractivity contribution in [2.75, 3.05) is 0 Å². The number of unbranched alkanes of at least 4 members (excludes halogenated alkanes) is 3. The van der Waals surface area contributed by atoms with E-state index in [1.165, 1.54) is 19.3 Å². The fourth-order valence-corrected chi connectivity index (χ4v) is 5.62. The Kier molecular flexibility index (Phi) is 7.33. The topological polar surface area (TPSA) is 76.5 Å². The van der Waals surface area contributed by atoms with Crippen LogP contribution in [0.3, 0.4) is 0 Å². The van der Waals surface area contributed by atoms with Crippen LogP contribution in [0.4, 0.5) is 0 Å². The summed E-state index contributed by atoms with van der Waals surface area (Å²) in [5.41, 5.74) is 1.93. The average molecular weight is 488 g/mol. The maximum atomic E-state index is 12.6. The van der Waals surface area contributed by atoms with Crippen LogP contribution >= 0.6 is 34.7 Å². The number of fused-ring (bicyclic) bond motifs is 1. The first-order chi connectivity index (χ1) is 15.5. The lowest BCUT2D eigenvalue weighted by Gasteiger charge is -2.10. The van der Waals surface area contributed by atoms with E-state index in [2.05, 4.69) is 26.7 Å². The normalized spacial score (nSPS) is 11.5. The molecule has 0 fully saturated rings. The molecule has 0 bridgehead atoms.